The third-order valence-electron chi connectivity index (χ3n) is 4.24. The van der Waals surface area contributed by atoms with Crippen molar-refractivity contribution < 1.29 is 4.79 Å². The largest absolute Gasteiger partial charge is 0.329 e. The smallest absolute Gasteiger partial charge is 0.223 e. The average Bonchev–Trinajstić information content (AvgIpc) is 2.58. The summed E-state index contributed by atoms with van der Waals surface area (Å²) < 4.78 is 1.07. The molecular formula is C20H20BrNO. The second-order valence-corrected chi connectivity index (χ2v) is 6.74. The van der Waals surface area contributed by atoms with E-state index in [1.165, 1.54) is 22.3 Å². The number of fused-ring (bicyclic) bond motifs is 1. The quantitative estimate of drug-likeness (QED) is 0.817. The van der Waals surface area contributed by atoms with Gasteiger partial charge in [0, 0.05) is 16.6 Å². The summed E-state index contributed by atoms with van der Waals surface area (Å²) >= 11 is 3.58. The number of amides is 1. The molecule has 3 rings (SSSR count). The second kappa shape index (κ2) is 7.14. The van der Waals surface area contributed by atoms with Crippen molar-refractivity contribution in [2.45, 2.75) is 32.6 Å². The Balaban J connectivity index is 2.04. The molecule has 0 spiro atoms. The molecule has 118 valence electrons. The summed E-state index contributed by atoms with van der Waals surface area (Å²) in [6.45, 7) is 1.89. The van der Waals surface area contributed by atoms with Crippen LogP contribution >= 0.6 is 15.9 Å². The van der Waals surface area contributed by atoms with Gasteiger partial charge in [-0.2, -0.15) is 0 Å². The maximum atomic E-state index is 11.9. The minimum Gasteiger partial charge on any atom is -0.329 e. The van der Waals surface area contributed by atoms with E-state index in [0.29, 0.717) is 6.42 Å². The van der Waals surface area contributed by atoms with E-state index < -0.39 is 0 Å². The first-order chi connectivity index (χ1) is 11.2. The van der Waals surface area contributed by atoms with Gasteiger partial charge in [0.2, 0.25) is 5.91 Å². The lowest BCUT2D eigenvalue weighted by molar-refractivity contribution is -0.120. The molecule has 0 bridgehead atoms. The normalized spacial score (nSPS) is 13.7. The third kappa shape index (κ3) is 3.73. The molecule has 1 aliphatic rings. The fourth-order valence-electron chi connectivity index (χ4n) is 3.02. The molecule has 2 aromatic carbocycles. The van der Waals surface area contributed by atoms with Crippen LogP contribution in [0.4, 0.5) is 0 Å². The molecule has 23 heavy (non-hydrogen) atoms. The van der Waals surface area contributed by atoms with Crippen LogP contribution < -0.4 is 5.32 Å². The van der Waals surface area contributed by atoms with Crippen molar-refractivity contribution in [1.82, 2.24) is 5.32 Å². The van der Waals surface area contributed by atoms with Gasteiger partial charge in [0.05, 0.1) is 0 Å². The fraction of sp³-hybridized carbons (Fsp3) is 0.250. The summed E-state index contributed by atoms with van der Waals surface area (Å²) in [5, 5.41) is 3.12. The van der Waals surface area contributed by atoms with Gasteiger partial charge < -0.3 is 5.32 Å². The highest BCUT2D eigenvalue weighted by Crippen LogP contribution is 2.34. The van der Waals surface area contributed by atoms with Crippen molar-refractivity contribution in [2.75, 3.05) is 0 Å². The van der Waals surface area contributed by atoms with Gasteiger partial charge in [-0.05, 0) is 53.7 Å². The summed E-state index contributed by atoms with van der Waals surface area (Å²) in [6.07, 6.45) is 3.21. The number of aryl methyl sites for hydroxylation is 1. The van der Waals surface area contributed by atoms with E-state index in [1.807, 2.05) is 13.0 Å². The van der Waals surface area contributed by atoms with Crippen LogP contribution in [0.25, 0.3) is 5.57 Å². The van der Waals surface area contributed by atoms with Gasteiger partial charge in [0.1, 0.15) is 0 Å². The Kier molecular flexibility index (Phi) is 4.97. The van der Waals surface area contributed by atoms with Gasteiger partial charge >= 0.3 is 0 Å². The van der Waals surface area contributed by atoms with Gasteiger partial charge in [-0.15, -0.1) is 0 Å². The van der Waals surface area contributed by atoms with Crippen molar-refractivity contribution in [2.24, 2.45) is 0 Å². The molecule has 0 fully saturated rings. The van der Waals surface area contributed by atoms with Crippen LogP contribution in [0.3, 0.4) is 0 Å². The van der Waals surface area contributed by atoms with E-state index >= 15 is 0 Å². The zero-order valence-corrected chi connectivity index (χ0v) is 14.8. The molecule has 0 aromatic heterocycles. The summed E-state index contributed by atoms with van der Waals surface area (Å²) in [7, 11) is 0. The highest BCUT2D eigenvalue weighted by atomic mass is 79.9. The first-order valence-electron chi connectivity index (χ1n) is 8.02. The molecule has 1 N–H and O–H groups in total. The number of carbonyl (C=O) groups excluding carboxylic acids is 1. The molecule has 3 heteroatoms. The van der Waals surface area contributed by atoms with Crippen LogP contribution in [-0.4, -0.2) is 5.91 Å². The maximum Gasteiger partial charge on any atom is 0.223 e. The highest BCUT2D eigenvalue weighted by molar-refractivity contribution is 9.10. The molecule has 1 aliphatic carbocycles. The number of carbonyl (C=O) groups is 1. The lowest BCUT2D eigenvalue weighted by Gasteiger charge is -2.24. The number of benzene rings is 2. The molecular weight excluding hydrogens is 350 g/mol. The zero-order valence-electron chi connectivity index (χ0n) is 13.2. The molecule has 1 amide bonds. The molecule has 0 atom stereocenters. The van der Waals surface area contributed by atoms with Gasteiger partial charge in [-0.1, -0.05) is 59.3 Å². The minimum absolute atomic E-state index is 0.0870. The van der Waals surface area contributed by atoms with Gasteiger partial charge in [-0.25, -0.2) is 0 Å². The van der Waals surface area contributed by atoms with Crippen LogP contribution in [0.5, 0.6) is 0 Å². The number of allylic oxidation sites excluding steroid dienone is 2. The summed E-state index contributed by atoms with van der Waals surface area (Å²) in [6, 6.07) is 16.9. The first-order valence-corrected chi connectivity index (χ1v) is 8.81. The van der Waals surface area contributed by atoms with Crippen molar-refractivity contribution >= 4 is 27.4 Å². The maximum absolute atomic E-state index is 11.9. The average molecular weight is 370 g/mol. The molecule has 2 aromatic rings. The number of hydrogen-bond acceptors (Lipinski definition) is 1. The predicted octanol–water partition coefficient (Wildman–Crippen LogP) is 4.88. The molecule has 0 aliphatic heterocycles. The lowest BCUT2D eigenvalue weighted by atomic mass is 9.85. The van der Waals surface area contributed by atoms with Crippen molar-refractivity contribution in [1.29, 1.82) is 0 Å². The van der Waals surface area contributed by atoms with E-state index in [0.717, 1.165) is 29.4 Å². The second-order valence-electron chi connectivity index (χ2n) is 5.82. The molecule has 0 heterocycles. The highest BCUT2D eigenvalue weighted by Gasteiger charge is 2.20. The summed E-state index contributed by atoms with van der Waals surface area (Å²) in [4.78, 5) is 11.9. The van der Waals surface area contributed by atoms with Crippen molar-refractivity contribution in [3.05, 3.63) is 75.4 Å². The van der Waals surface area contributed by atoms with Gasteiger partial charge in [-0.3, -0.25) is 4.79 Å². The molecule has 0 unspecified atom stereocenters. The van der Waals surface area contributed by atoms with E-state index in [1.54, 1.807) is 0 Å². The van der Waals surface area contributed by atoms with Crippen LogP contribution in [0.15, 0.2) is 58.7 Å². The standard InChI is InChI=1S/C20H20BrNO/c1-2-20(23)22-19-11-9-15-8-10-16(21)13-17(15)18(19)12-14-6-4-3-5-7-14/h3-8,10,13H,2,9,11-12H2,1H3,(H,22,23). The Morgan fingerprint density at radius 1 is 1.13 bits per heavy atom. The Morgan fingerprint density at radius 2 is 1.91 bits per heavy atom. The van der Waals surface area contributed by atoms with Crippen molar-refractivity contribution in [3.8, 4) is 0 Å². The molecule has 0 saturated carbocycles. The summed E-state index contributed by atoms with van der Waals surface area (Å²) in [5.41, 5.74) is 6.18. The van der Waals surface area contributed by atoms with E-state index in [-0.39, 0.29) is 5.91 Å². The van der Waals surface area contributed by atoms with Gasteiger partial charge in [0.25, 0.3) is 0 Å². The lowest BCUT2D eigenvalue weighted by Crippen LogP contribution is -2.25. The zero-order chi connectivity index (χ0) is 16.2. The van der Waals surface area contributed by atoms with Crippen LogP contribution in [0.1, 0.15) is 36.5 Å². The monoisotopic (exact) mass is 369 g/mol. The Bertz CT molecular complexity index is 749. The van der Waals surface area contributed by atoms with Crippen LogP contribution in [0.2, 0.25) is 0 Å². The van der Waals surface area contributed by atoms with Crippen molar-refractivity contribution in [3.63, 3.8) is 0 Å². The molecule has 0 radical (unpaired) electrons. The third-order valence-corrected chi connectivity index (χ3v) is 4.73. The number of rotatable bonds is 4. The Labute approximate surface area is 145 Å². The predicted molar refractivity (Wildman–Crippen MR) is 98.0 cm³/mol. The van der Waals surface area contributed by atoms with E-state index in [4.69, 9.17) is 0 Å². The Morgan fingerprint density at radius 3 is 2.65 bits per heavy atom. The number of halogens is 1. The van der Waals surface area contributed by atoms with E-state index in [2.05, 4.69) is 63.7 Å². The minimum atomic E-state index is 0.0870. The van der Waals surface area contributed by atoms with Crippen LogP contribution in [-0.2, 0) is 17.6 Å². The van der Waals surface area contributed by atoms with E-state index in [9.17, 15) is 4.79 Å². The first kappa shape index (κ1) is 16.0. The van der Waals surface area contributed by atoms with Crippen LogP contribution in [0, 0.1) is 0 Å². The fourth-order valence-corrected chi connectivity index (χ4v) is 3.38. The number of nitrogens with one attached hydrogen (secondary N) is 1. The molecule has 2 nitrogen and oxygen atoms in total. The summed E-state index contributed by atoms with van der Waals surface area (Å²) in [5.74, 6) is 0.0870. The molecule has 0 saturated heterocycles. The Hall–Kier alpha value is -1.87. The van der Waals surface area contributed by atoms with Gasteiger partial charge in [0.15, 0.2) is 0 Å². The topological polar surface area (TPSA) is 29.1 Å². The number of hydrogen-bond donors (Lipinski definition) is 1. The SMILES string of the molecule is CCC(=O)NC1=C(Cc2ccccc2)c2cc(Br)ccc2CC1.